The van der Waals surface area contributed by atoms with Crippen molar-refractivity contribution in [2.24, 2.45) is 5.84 Å². The predicted molar refractivity (Wildman–Crippen MR) is 64.8 cm³/mol. The van der Waals surface area contributed by atoms with E-state index in [1.165, 1.54) is 0 Å². The Labute approximate surface area is 95.0 Å². The number of nitrogens with one attached hydrogen (secondary N) is 1. The molecule has 5 heteroatoms. The highest BCUT2D eigenvalue weighted by Crippen LogP contribution is 2.21. The minimum atomic E-state index is 0.672. The highest BCUT2D eigenvalue weighted by molar-refractivity contribution is 14.1. The number of anilines is 1. The summed E-state index contributed by atoms with van der Waals surface area (Å²) in [6.45, 7) is 1.85. The zero-order valence-electron chi connectivity index (χ0n) is 7.58. The summed E-state index contributed by atoms with van der Waals surface area (Å²) in [5.41, 5.74) is 3.49. The Morgan fingerprint density at radius 1 is 1.36 bits per heavy atom. The molecule has 0 spiro atoms. The van der Waals surface area contributed by atoms with Crippen molar-refractivity contribution in [1.82, 2.24) is 9.97 Å². The summed E-state index contributed by atoms with van der Waals surface area (Å²) in [6.07, 6.45) is 0. The number of aromatic nitrogens is 2. The first-order valence-electron chi connectivity index (χ1n) is 4.11. The van der Waals surface area contributed by atoms with Gasteiger partial charge in [0, 0.05) is 8.96 Å². The van der Waals surface area contributed by atoms with Gasteiger partial charge in [-0.3, -0.25) is 0 Å². The SMILES string of the molecule is Cc1nc(NN)c2cc(I)ccc2n1. The second-order valence-electron chi connectivity index (χ2n) is 2.93. The van der Waals surface area contributed by atoms with Crippen LogP contribution in [-0.2, 0) is 0 Å². The molecule has 0 saturated heterocycles. The highest BCUT2D eigenvalue weighted by atomic mass is 127. The third-order valence-electron chi connectivity index (χ3n) is 1.91. The van der Waals surface area contributed by atoms with Gasteiger partial charge in [-0.25, -0.2) is 15.8 Å². The maximum absolute atomic E-state index is 5.39. The number of fused-ring (bicyclic) bond motifs is 1. The molecule has 0 fully saturated rings. The number of aryl methyl sites for hydroxylation is 1. The standard InChI is InChI=1S/C9H9IN4/c1-5-12-8-3-2-6(10)4-7(8)9(13-5)14-11/h2-4H,11H2,1H3,(H,12,13,14). The first kappa shape index (κ1) is 9.60. The Morgan fingerprint density at radius 2 is 2.14 bits per heavy atom. The van der Waals surface area contributed by atoms with E-state index in [-0.39, 0.29) is 0 Å². The summed E-state index contributed by atoms with van der Waals surface area (Å²) in [5.74, 6) is 6.78. The summed E-state index contributed by atoms with van der Waals surface area (Å²) < 4.78 is 1.14. The summed E-state index contributed by atoms with van der Waals surface area (Å²) in [7, 11) is 0. The van der Waals surface area contributed by atoms with E-state index in [0.29, 0.717) is 11.6 Å². The number of hydrogen-bond acceptors (Lipinski definition) is 4. The van der Waals surface area contributed by atoms with Crippen LogP contribution in [0.2, 0.25) is 0 Å². The Morgan fingerprint density at radius 3 is 2.86 bits per heavy atom. The van der Waals surface area contributed by atoms with Gasteiger partial charge in [0.1, 0.15) is 5.82 Å². The zero-order valence-corrected chi connectivity index (χ0v) is 9.74. The van der Waals surface area contributed by atoms with Crippen LogP contribution in [0.25, 0.3) is 10.9 Å². The van der Waals surface area contributed by atoms with Crippen LogP contribution in [0.4, 0.5) is 5.82 Å². The summed E-state index contributed by atoms with van der Waals surface area (Å²) >= 11 is 2.25. The predicted octanol–water partition coefficient (Wildman–Crippen LogP) is 1.83. The fourth-order valence-corrected chi connectivity index (χ4v) is 1.82. The Balaban J connectivity index is 2.81. The van der Waals surface area contributed by atoms with Crippen LogP contribution in [0, 0.1) is 10.5 Å². The van der Waals surface area contributed by atoms with Crippen molar-refractivity contribution in [2.45, 2.75) is 6.92 Å². The normalized spacial score (nSPS) is 10.5. The van der Waals surface area contributed by atoms with Crippen LogP contribution < -0.4 is 11.3 Å². The van der Waals surface area contributed by atoms with Gasteiger partial charge < -0.3 is 5.43 Å². The molecule has 0 amide bonds. The number of hydrazine groups is 1. The van der Waals surface area contributed by atoms with Gasteiger partial charge in [-0.15, -0.1) is 0 Å². The Kier molecular flexibility index (Phi) is 2.51. The Hall–Kier alpha value is -0.950. The average Bonchev–Trinajstić information content (AvgIpc) is 2.17. The topological polar surface area (TPSA) is 63.8 Å². The third kappa shape index (κ3) is 1.64. The van der Waals surface area contributed by atoms with Crippen molar-refractivity contribution < 1.29 is 0 Å². The number of nitrogens with zero attached hydrogens (tertiary/aromatic N) is 2. The molecule has 0 saturated carbocycles. The van der Waals surface area contributed by atoms with Gasteiger partial charge in [-0.2, -0.15) is 0 Å². The third-order valence-corrected chi connectivity index (χ3v) is 2.58. The number of nitrogen functional groups attached to an aromatic ring is 1. The van der Waals surface area contributed by atoms with E-state index in [2.05, 4.69) is 38.0 Å². The van der Waals surface area contributed by atoms with Crippen LogP contribution in [-0.4, -0.2) is 9.97 Å². The van der Waals surface area contributed by atoms with Gasteiger partial charge in [0.2, 0.25) is 0 Å². The first-order valence-corrected chi connectivity index (χ1v) is 5.19. The molecular weight excluding hydrogens is 291 g/mol. The summed E-state index contributed by atoms with van der Waals surface area (Å²) in [4.78, 5) is 8.53. The molecule has 0 aliphatic carbocycles. The van der Waals surface area contributed by atoms with E-state index < -0.39 is 0 Å². The monoisotopic (exact) mass is 300 g/mol. The molecule has 0 bridgehead atoms. The molecule has 0 radical (unpaired) electrons. The van der Waals surface area contributed by atoms with E-state index >= 15 is 0 Å². The zero-order chi connectivity index (χ0) is 10.1. The van der Waals surface area contributed by atoms with Gasteiger partial charge >= 0.3 is 0 Å². The minimum Gasteiger partial charge on any atom is -0.308 e. The molecule has 4 nitrogen and oxygen atoms in total. The van der Waals surface area contributed by atoms with Crippen molar-refractivity contribution in [1.29, 1.82) is 0 Å². The van der Waals surface area contributed by atoms with Crippen LogP contribution in [0.3, 0.4) is 0 Å². The molecule has 72 valence electrons. The fraction of sp³-hybridized carbons (Fsp3) is 0.111. The highest BCUT2D eigenvalue weighted by Gasteiger charge is 2.04. The van der Waals surface area contributed by atoms with Crippen molar-refractivity contribution in [3.8, 4) is 0 Å². The number of hydrogen-bond donors (Lipinski definition) is 2. The van der Waals surface area contributed by atoms with Gasteiger partial charge in [0.05, 0.1) is 5.52 Å². The fourth-order valence-electron chi connectivity index (χ4n) is 1.33. The van der Waals surface area contributed by atoms with Crippen LogP contribution in [0.5, 0.6) is 0 Å². The lowest BCUT2D eigenvalue weighted by atomic mass is 10.2. The molecule has 0 aliphatic heterocycles. The molecule has 2 aromatic rings. The largest absolute Gasteiger partial charge is 0.308 e. The molecule has 1 heterocycles. The van der Waals surface area contributed by atoms with Crippen LogP contribution in [0.15, 0.2) is 18.2 Å². The molecule has 0 unspecified atom stereocenters. The molecule has 0 atom stereocenters. The lowest BCUT2D eigenvalue weighted by molar-refractivity contribution is 1.08. The Bertz CT molecular complexity index is 483. The van der Waals surface area contributed by atoms with E-state index in [4.69, 9.17) is 5.84 Å². The van der Waals surface area contributed by atoms with Crippen LogP contribution >= 0.6 is 22.6 Å². The number of nitrogens with two attached hydrogens (primary N) is 1. The molecular formula is C9H9IN4. The van der Waals surface area contributed by atoms with E-state index in [1.54, 1.807) is 0 Å². The maximum atomic E-state index is 5.39. The quantitative estimate of drug-likeness (QED) is 0.479. The second-order valence-corrected chi connectivity index (χ2v) is 4.17. The van der Waals surface area contributed by atoms with Gasteiger partial charge in [0.15, 0.2) is 5.82 Å². The van der Waals surface area contributed by atoms with Gasteiger partial charge in [-0.1, -0.05) is 0 Å². The van der Waals surface area contributed by atoms with Crippen molar-refractivity contribution >= 4 is 39.3 Å². The number of benzene rings is 1. The van der Waals surface area contributed by atoms with Crippen molar-refractivity contribution in [2.75, 3.05) is 5.43 Å². The molecule has 3 N–H and O–H groups in total. The lowest BCUT2D eigenvalue weighted by Gasteiger charge is -2.05. The second kappa shape index (κ2) is 3.66. The summed E-state index contributed by atoms with van der Waals surface area (Å²) in [6, 6.07) is 5.98. The van der Waals surface area contributed by atoms with Gasteiger partial charge in [0.25, 0.3) is 0 Å². The van der Waals surface area contributed by atoms with Gasteiger partial charge in [-0.05, 0) is 47.7 Å². The molecule has 14 heavy (non-hydrogen) atoms. The minimum absolute atomic E-state index is 0.672. The first-order chi connectivity index (χ1) is 6.70. The van der Waals surface area contributed by atoms with E-state index in [0.717, 1.165) is 14.5 Å². The van der Waals surface area contributed by atoms with Crippen LogP contribution in [0.1, 0.15) is 5.82 Å². The van der Waals surface area contributed by atoms with E-state index in [1.807, 2.05) is 25.1 Å². The van der Waals surface area contributed by atoms with E-state index in [9.17, 15) is 0 Å². The average molecular weight is 300 g/mol. The lowest BCUT2D eigenvalue weighted by Crippen LogP contribution is -2.10. The molecule has 0 aliphatic rings. The molecule has 2 rings (SSSR count). The summed E-state index contributed by atoms with van der Waals surface area (Å²) in [5, 5.41) is 0.949. The number of rotatable bonds is 1. The van der Waals surface area contributed by atoms with Crippen molar-refractivity contribution in [3.05, 3.63) is 27.6 Å². The van der Waals surface area contributed by atoms with Crippen molar-refractivity contribution in [3.63, 3.8) is 0 Å². The maximum Gasteiger partial charge on any atom is 0.151 e. The molecule has 1 aromatic heterocycles. The number of halogens is 1. The smallest absolute Gasteiger partial charge is 0.151 e. The molecule has 1 aromatic carbocycles.